The van der Waals surface area contributed by atoms with Gasteiger partial charge in [-0.2, -0.15) is 0 Å². The Labute approximate surface area is 167 Å². The molecule has 1 unspecified atom stereocenters. The monoisotopic (exact) mass is 383 g/mol. The molecule has 0 N–H and O–H groups in total. The summed E-state index contributed by atoms with van der Waals surface area (Å²) in [5.74, 6) is 0. The summed E-state index contributed by atoms with van der Waals surface area (Å²) in [5.41, 5.74) is 1.34. The van der Waals surface area contributed by atoms with Gasteiger partial charge in [-0.15, -0.1) is 0 Å². The second kappa shape index (κ2) is 7.59. The van der Waals surface area contributed by atoms with Crippen molar-refractivity contribution >= 4 is 0 Å². The fourth-order valence-corrected chi connectivity index (χ4v) is 4.39. The van der Waals surface area contributed by atoms with Crippen LogP contribution in [0.2, 0.25) is 0 Å². The number of alkyl halides is 2. The van der Waals surface area contributed by atoms with E-state index < -0.39 is 11.3 Å². The maximum Gasteiger partial charge on any atom is 0.136 e. The quantitative estimate of drug-likeness (QED) is 0.481. The van der Waals surface area contributed by atoms with Gasteiger partial charge in [0.2, 0.25) is 0 Å². The Kier molecular flexibility index (Phi) is 5.30. The van der Waals surface area contributed by atoms with Gasteiger partial charge in [-0.3, -0.25) is 4.90 Å². The minimum Gasteiger partial charge on any atom is -0.297 e. The Morgan fingerprint density at radius 3 is 1.96 bits per heavy atom. The predicted molar refractivity (Wildman–Crippen MR) is 111 cm³/mol. The van der Waals surface area contributed by atoms with Crippen LogP contribution in [0.25, 0.3) is 0 Å². The fourth-order valence-electron chi connectivity index (χ4n) is 4.39. The second-order valence-corrected chi connectivity index (χ2v) is 8.70. The van der Waals surface area contributed by atoms with Crippen LogP contribution in [0, 0.1) is 0 Å². The summed E-state index contributed by atoms with van der Waals surface area (Å²) in [6.45, 7) is 6.29. The average Bonchev–Trinajstić information content (AvgIpc) is 3.64. The summed E-state index contributed by atoms with van der Waals surface area (Å²) in [7, 11) is 0. The number of rotatable bonds is 9. The van der Waals surface area contributed by atoms with E-state index in [1.807, 2.05) is 24.3 Å². The highest BCUT2D eigenvalue weighted by Crippen LogP contribution is 2.56. The topological polar surface area (TPSA) is 3.24 Å². The van der Waals surface area contributed by atoms with Gasteiger partial charge in [-0.25, -0.2) is 8.78 Å². The van der Waals surface area contributed by atoms with Crippen molar-refractivity contribution in [1.82, 2.24) is 4.90 Å². The predicted octanol–water partition coefficient (Wildman–Crippen LogP) is 6.45. The lowest BCUT2D eigenvalue weighted by Gasteiger charge is -2.29. The largest absolute Gasteiger partial charge is 0.297 e. The maximum atomic E-state index is 15.0. The van der Waals surface area contributed by atoms with Gasteiger partial charge < -0.3 is 0 Å². The first-order valence-electron chi connectivity index (χ1n) is 10.7. The Morgan fingerprint density at radius 2 is 1.46 bits per heavy atom. The molecule has 0 radical (unpaired) electrons. The lowest BCUT2D eigenvalue weighted by Crippen LogP contribution is -2.33. The molecule has 2 saturated carbocycles. The Hall–Kier alpha value is -1.74. The molecule has 0 spiro atoms. The number of benzene rings is 2. The second-order valence-electron chi connectivity index (χ2n) is 8.70. The van der Waals surface area contributed by atoms with Crippen LogP contribution in [0.15, 0.2) is 48.5 Å². The fraction of sp³-hybridized carbons (Fsp3) is 0.520. The van der Waals surface area contributed by atoms with E-state index in [0.717, 1.165) is 42.6 Å². The normalized spacial score (nSPS) is 20.2. The first-order valence-corrected chi connectivity index (χ1v) is 10.7. The number of hydrogen-bond acceptors (Lipinski definition) is 1. The van der Waals surface area contributed by atoms with Crippen molar-refractivity contribution in [3.05, 3.63) is 70.8 Å². The Balaban J connectivity index is 1.51. The van der Waals surface area contributed by atoms with Crippen molar-refractivity contribution in [1.29, 1.82) is 0 Å². The summed E-state index contributed by atoms with van der Waals surface area (Å²) < 4.78 is 30.0. The highest BCUT2D eigenvalue weighted by molar-refractivity contribution is 5.46. The van der Waals surface area contributed by atoms with Crippen molar-refractivity contribution in [3.8, 4) is 0 Å². The van der Waals surface area contributed by atoms with Crippen LogP contribution < -0.4 is 0 Å². The van der Waals surface area contributed by atoms with Crippen LogP contribution in [0.5, 0.6) is 0 Å². The third-order valence-electron chi connectivity index (χ3n) is 6.59. The van der Waals surface area contributed by atoms with Crippen molar-refractivity contribution in [2.24, 2.45) is 0 Å². The molecule has 2 aliphatic rings. The van der Waals surface area contributed by atoms with Crippen molar-refractivity contribution in [3.63, 3.8) is 0 Å². The van der Waals surface area contributed by atoms with Crippen LogP contribution in [-0.4, -0.2) is 17.5 Å². The molecule has 0 aliphatic heterocycles. The maximum absolute atomic E-state index is 15.0. The van der Waals surface area contributed by atoms with Crippen molar-refractivity contribution in [2.75, 3.05) is 6.54 Å². The van der Waals surface area contributed by atoms with Crippen molar-refractivity contribution in [2.45, 2.75) is 76.3 Å². The highest BCUT2D eigenvalue weighted by Gasteiger charge is 2.50. The molecule has 4 rings (SSSR count). The molecule has 0 amide bonds. The zero-order chi connectivity index (χ0) is 19.8. The lowest BCUT2D eigenvalue weighted by atomic mass is 9.89. The lowest BCUT2D eigenvalue weighted by molar-refractivity contribution is 0.200. The third kappa shape index (κ3) is 4.00. The van der Waals surface area contributed by atoms with Crippen LogP contribution in [0.4, 0.5) is 8.78 Å². The summed E-state index contributed by atoms with van der Waals surface area (Å²) in [6.07, 6.45) is 3.97. The minimum absolute atomic E-state index is 0.357. The van der Waals surface area contributed by atoms with Gasteiger partial charge >= 0.3 is 0 Å². The number of hydrogen-bond donors (Lipinski definition) is 0. The minimum atomic E-state index is -1.21. The SMILES string of the molecule is CCN(Cc1ccccc1)C(C)CCc1c(C2(F)CC2)cccc1C1(F)CC1. The molecule has 2 aromatic carbocycles. The molecule has 28 heavy (non-hydrogen) atoms. The molecular weight excluding hydrogens is 352 g/mol. The Morgan fingerprint density at radius 1 is 0.893 bits per heavy atom. The molecule has 0 bridgehead atoms. The molecule has 2 aromatic rings. The summed E-state index contributed by atoms with van der Waals surface area (Å²) >= 11 is 0. The van der Waals surface area contributed by atoms with Gasteiger partial charge in [0.1, 0.15) is 11.3 Å². The standard InChI is InChI=1S/C25H31F2N/c1-3-28(18-20-8-5-4-6-9-20)19(2)12-13-21-22(24(26)14-15-24)10-7-11-23(21)25(27)16-17-25/h4-11,19H,3,12-18H2,1-2H3. The zero-order valence-corrected chi connectivity index (χ0v) is 17.1. The van der Waals surface area contributed by atoms with E-state index in [1.165, 1.54) is 5.56 Å². The van der Waals surface area contributed by atoms with Gasteiger partial charge in [-0.05, 0) is 74.2 Å². The van der Waals surface area contributed by atoms with E-state index in [-0.39, 0.29) is 0 Å². The number of halogens is 2. The molecule has 1 nitrogen and oxygen atoms in total. The van der Waals surface area contributed by atoms with Crippen LogP contribution in [0.1, 0.15) is 68.2 Å². The Bertz CT molecular complexity index is 772. The van der Waals surface area contributed by atoms with E-state index >= 15 is 0 Å². The van der Waals surface area contributed by atoms with E-state index in [4.69, 9.17) is 0 Å². The molecule has 0 aromatic heterocycles. The summed E-state index contributed by atoms with van der Waals surface area (Å²) in [6, 6.07) is 16.5. The molecule has 0 heterocycles. The van der Waals surface area contributed by atoms with Gasteiger partial charge in [0, 0.05) is 12.6 Å². The highest BCUT2D eigenvalue weighted by atomic mass is 19.1. The average molecular weight is 384 g/mol. The van der Waals surface area contributed by atoms with Gasteiger partial charge in [0.05, 0.1) is 0 Å². The molecular formula is C25H31F2N. The van der Waals surface area contributed by atoms with Gasteiger partial charge in [-0.1, -0.05) is 55.5 Å². The number of nitrogens with zero attached hydrogens (tertiary/aromatic N) is 1. The third-order valence-corrected chi connectivity index (χ3v) is 6.59. The van der Waals surface area contributed by atoms with Crippen LogP contribution >= 0.6 is 0 Å². The molecule has 150 valence electrons. The summed E-state index contributed by atoms with van der Waals surface area (Å²) in [4.78, 5) is 2.45. The zero-order valence-electron chi connectivity index (χ0n) is 17.1. The molecule has 1 atom stereocenters. The first-order chi connectivity index (χ1) is 13.5. The molecule has 3 heteroatoms. The van der Waals surface area contributed by atoms with Gasteiger partial charge in [0.25, 0.3) is 0 Å². The van der Waals surface area contributed by atoms with Crippen LogP contribution in [-0.2, 0) is 24.3 Å². The van der Waals surface area contributed by atoms with Gasteiger partial charge in [0.15, 0.2) is 0 Å². The smallest absolute Gasteiger partial charge is 0.136 e. The molecule has 0 saturated heterocycles. The molecule has 2 aliphatic carbocycles. The van der Waals surface area contributed by atoms with E-state index in [2.05, 4.69) is 43.0 Å². The summed E-state index contributed by atoms with van der Waals surface area (Å²) in [5, 5.41) is 0. The molecule has 2 fully saturated rings. The van der Waals surface area contributed by atoms with E-state index in [1.54, 1.807) is 0 Å². The van der Waals surface area contributed by atoms with E-state index in [0.29, 0.717) is 31.7 Å². The first kappa shape index (κ1) is 19.6. The van der Waals surface area contributed by atoms with E-state index in [9.17, 15) is 8.78 Å². The van der Waals surface area contributed by atoms with Crippen LogP contribution in [0.3, 0.4) is 0 Å². The van der Waals surface area contributed by atoms with Crippen molar-refractivity contribution < 1.29 is 8.78 Å².